The van der Waals surface area contributed by atoms with Gasteiger partial charge in [-0.15, -0.1) is 0 Å². The van der Waals surface area contributed by atoms with Crippen molar-refractivity contribution in [3.05, 3.63) is 30.1 Å². The SMILES string of the molecule is CCCN(CCO)C(=O)NCc1ccncc1. The van der Waals surface area contributed by atoms with Gasteiger partial charge in [-0.2, -0.15) is 0 Å². The van der Waals surface area contributed by atoms with E-state index in [9.17, 15) is 4.79 Å². The number of carbonyl (C=O) groups is 1. The summed E-state index contributed by atoms with van der Waals surface area (Å²) in [6.07, 6.45) is 4.26. The van der Waals surface area contributed by atoms with Crippen LogP contribution in [0.15, 0.2) is 24.5 Å². The maximum absolute atomic E-state index is 11.8. The number of aliphatic hydroxyl groups excluding tert-OH is 1. The summed E-state index contributed by atoms with van der Waals surface area (Å²) in [5.41, 5.74) is 1.01. The highest BCUT2D eigenvalue weighted by molar-refractivity contribution is 5.74. The van der Waals surface area contributed by atoms with Crippen molar-refractivity contribution in [2.45, 2.75) is 19.9 Å². The number of aliphatic hydroxyl groups is 1. The zero-order valence-corrected chi connectivity index (χ0v) is 10.1. The van der Waals surface area contributed by atoms with Crippen molar-refractivity contribution in [1.29, 1.82) is 0 Å². The standard InChI is InChI=1S/C12H19N3O2/c1-2-7-15(8-9-16)12(17)14-10-11-3-5-13-6-4-11/h3-6,16H,2,7-10H2,1H3,(H,14,17). The van der Waals surface area contributed by atoms with E-state index in [2.05, 4.69) is 10.3 Å². The fourth-order valence-corrected chi connectivity index (χ4v) is 1.50. The first-order chi connectivity index (χ1) is 8.27. The summed E-state index contributed by atoms with van der Waals surface area (Å²) in [4.78, 5) is 17.3. The normalized spacial score (nSPS) is 10.0. The first kappa shape index (κ1) is 13.4. The Kier molecular flexibility index (Phi) is 6.03. The number of nitrogens with zero attached hydrogens (tertiary/aromatic N) is 2. The van der Waals surface area contributed by atoms with Crippen molar-refractivity contribution in [3.63, 3.8) is 0 Å². The van der Waals surface area contributed by atoms with Crippen LogP contribution in [0.4, 0.5) is 4.79 Å². The second-order valence-electron chi connectivity index (χ2n) is 3.72. The topological polar surface area (TPSA) is 65.5 Å². The lowest BCUT2D eigenvalue weighted by atomic mass is 10.3. The van der Waals surface area contributed by atoms with Crippen molar-refractivity contribution in [2.24, 2.45) is 0 Å². The zero-order chi connectivity index (χ0) is 12.5. The minimum atomic E-state index is -0.141. The van der Waals surface area contributed by atoms with Gasteiger partial charge in [0.25, 0.3) is 0 Å². The van der Waals surface area contributed by atoms with Crippen molar-refractivity contribution < 1.29 is 9.90 Å². The van der Waals surface area contributed by atoms with Crippen LogP contribution in [0.2, 0.25) is 0 Å². The molecule has 0 unspecified atom stereocenters. The molecule has 0 atom stereocenters. The lowest BCUT2D eigenvalue weighted by Crippen LogP contribution is -2.41. The molecule has 0 saturated heterocycles. The van der Waals surface area contributed by atoms with Gasteiger partial charge in [-0.05, 0) is 24.1 Å². The van der Waals surface area contributed by atoms with Gasteiger partial charge in [0.05, 0.1) is 6.61 Å². The van der Waals surface area contributed by atoms with Crippen LogP contribution in [0.25, 0.3) is 0 Å². The molecule has 1 heterocycles. The van der Waals surface area contributed by atoms with Crippen LogP contribution in [0, 0.1) is 0 Å². The van der Waals surface area contributed by atoms with E-state index in [4.69, 9.17) is 5.11 Å². The number of hydrogen-bond acceptors (Lipinski definition) is 3. The number of nitrogens with one attached hydrogen (secondary N) is 1. The molecule has 1 aromatic heterocycles. The molecule has 2 amide bonds. The smallest absolute Gasteiger partial charge is 0.317 e. The van der Waals surface area contributed by atoms with Crippen LogP contribution in [0.5, 0.6) is 0 Å². The highest BCUT2D eigenvalue weighted by Crippen LogP contribution is 1.97. The van der Waals surface area contributed by atoms with Gasteiger partial charge in [0.15, 0.2) is 0 Å². The summed E-state index contributed by atoms with van der Waals surface area (Å²) < 4.78 is 0. The van der Waals surface area contributed by atoms with E-state index >= 15 is 0 Å². The van der Waals surface area contributed by atoms with Gasteiger partial charge in [0.1, 0.15) is 0 Å². The second-order valence-corrected chi connectivity index (χ2v) is 3.72. The van der Waals surface area contributed by atoms with Gasteiger partial charge in [-0.1, -0.05) is 6.92 Å². The van der Waals surface area contributed by atoms with Gasteiger partial charge in [-0.3, -0.25) is 4.98 Å². The van der Waals surface area contributed by atoms with Crippen LogP contribution >= 0.6 is 0 Å². The fraction of sp³-hybridized carbons (Fsp3) is 0.500. The predicted octanol–water partition coefficient (Wildman–Crippen LogP) is 0.995. The molecule has 0 radical (unpaired) electrons. The first-order valence-electron chi connectivity index (χ1n) is 5.80. The third-order valence-corrected chi connectivity index (χ3v) is 2.34. The van der Waals surface area contributed by atoms with Gasteiger partial charge in [0.2, 0.25) is 0 Å². The second kappa shape index (κ2) is 7.62. The van der Waals surface area contributed by atoms with Crippen molar-refractivity contribution in [3.8, 4) is 0 Å². The van der Waals surface area contributed by atoms with E-state index in [-0.39, 0.29) is 12.6 Å². The van der Waals surface area contributed by atoms with Crippen LogP contribution in [-0.4, -0.2) is 40.7 Å². The van der Waals surface area contributed by atoms with Crippen molar-refractivity contribution in [1.82, 2.24) is 15.2 Å². The van der Waals surface area contributed by atoms with E-state index in [0.717, 1.165) is 12.0 Å². The lowest BCUT2D eigenvalue weighted by molar-refractivity contribution is 0.177. The highest BCUT2D eigenvalue weighted by atomic mass is 16.3. The maximum Gasteiger partial charge on any atom is 0.317 e. The minimum absolute atomic E-state index is 0.0112. The molecule has 0 aromatic carbocycles. The summed E-state index contributed by atoms with van der Waals surface area (Å²) in [5.74, 6) is 0. The van der Waals surface area contributed by atoms with Gasteiger partial charge in [-0.25, -0.2) is 4.79 Å². The highest BCUT2D eigenvalue weighted by Gasteiger charge is 2.10. The average Bonchev–Trinajstić information content (AvgIpc) is 2.37. The Labute approximate surface area is 101 Å². The number of rotatable bonds is 6. The molecule has 2 N–H and O–H groups in total. The Morgan fingerprint density at radius 2 is 2.12 bits per heavy atom. The first-order valence-corrected chi connectivity index (χ1v) is 5.80. The minimum Gasteiger partial charge on any atom is -0.395 e. The van der Waals surface area contributed by atoms with E-state index in [1.165, 1.54) is 0 Å². The van der Waals surface area contributed by atoms with Crippen molar-refractivity contribution in [2.75, 3.05) is 19.7 Å². The van der Waals surface area contributed by atoms with E-state index < -0.39 is 0 Å². The van der Waals surface area contributed by atoms with Gasteiger partial charge < -0.3 is 15.3 Å². The molecule has 5 nitrogen and oxygen atoms in total. The Morgan fingerprint density at radius 3 is 2.71 bits per heavy atom. The quantitative estimate of drug-likeness (QED) is 0.775. The number of amides is 2. The molecule has 0 saturated carbocycles. The molecule has 0 bridgehead atoms. The third kappa shape index (κ3) is 4.82. The molecule has 1 aromatic rings. The van der Waals surface area contributed by atoms with Crippen molar-refractivity contribution >= 4 is 6.03 Å². The van der Waals surface area contributed by atoms with E-state index in [1.54, 1.807) is 17.3 Å². The van der Waals surface area contributed by atoms with Crippen LogP contribution in [0.3, 0.4) is 0 Å². The largest absolute Gasteiger partial charge is 0.395 e. The van der Waals surface area contributed by atoms with E-state index in [1.807, 2.05) is 19.1 Å². The summed E-state index contributed by atoms with van der Waals surface area (Å²) in [6, 6.07) is 3.57. The lowest BCUT2D eigenvalue weighted by Gasteiger charge is -2.21. The number of urea groups is 1. The molecule has 0 aliphatic carbocycles. The van der Waals surface area contributed by atoms with E-state index in [0.29, 0.717) is 19.6 Å². The summed E-state index contributed by atoms with van der Waals surface area (Å²) in [6.45, 7) is 3.49. The van der Waals surface area contributed by atoms with Crippen LogP contribution in [0.1, 0.15) is 18.9 Å². The Balaban J connectivity index is 2.41. The monoisotopic (exact) mass is 237 g/mol. The van der Waals surface area contributed by atoms with Crippen LogP contribution in [-0.2, 0) is 6.54 Å². The molecule has 0 aliphatic heterocycles. The molecule has 94 valence electrons. The molecule has 17 heavy (non-hydrogen) atoms. The third-order valence-electron chi connectivity index (χ3n) is 2.34. The number of carbonyl (C=O) groups excluding carboxylic acids is 1. The average molecular weight is 237 g/mol. The molecular weight excluding hydrogens is 218 g/mol. The Morgan fingerprint density at radius 1 is 1.41 bits per heavy atom. The molecule has 0 aliphatic rings. The summed E-state index contributed by atoms with van der Waals surface area (Å²) in [7, 11) is 0. The molecule has 0 spiro atoms. The fourth-order valence-electron chi connectivity index (χ4n) is 1.50. The zero-order valence-electron chi connectivity index (χ0n) is 10.1. The molecule has 5 heteroatoms. The van der Waals surface area contributed by atoms with Gasteiger partial charge in [0, 0.05) is 32.0 Å². The summed E-state index contributed by atoms with van der Waals surface area (Å²) >= 11 is 0. The molecule has 1 rings (SSSR count). The maximum atomic E-state index is 11.8. The predicted molar refractivity (Wildman–Crippen MR) is 65.4 cm³/mol. The molecular formula is C12H19N3O2. The Bertz CT molecular complexity index is 324. The number of pyridine rings is 1. The summed E-state index contributed by atoms with van der Waals surface area (Å²) in [5, 5.41) is 11.7. The molecule has 0 fully saturated rings. The van der Waals surface area contributed by atoms with Crippen LogP contribution < -0.4 is 5.32 Å². The number of hydrogen-bond donors (Lipinski definition) is 2. The van der Waals surface area contributed by atoms with Gasteiger partial charge >= 0.3 is 6.03 Å². The Hall–Kier alpha value is -1.62. The number of aromatic nitrogens is 1.